The number of rotatable bonds is 6. The van der Waals surface area contributed by atoms with Crippen molar-refractivity contribution in [2.24, 2.45) is 0 Å². The van der Waals surface area contributed by atoms with Gasteiger partial charge in [-0.3, -0.25) is 0 Å². The number of aromatic carboxylic acids is 1. The van der Waals surface area contributed by atoms with Gasteiger partial charge in [0, 0.05) is 22.3 Å². The average molecular weight is 457 g/mol. The van der Waals surface area contributed by atoms with E-state index in [-0.39, 0.29) is 11.7 Å². The fourth-order valence-electron chi connectivity index (χ4n) is 2.25. The van der Waals surface area contributed by atoms with Crippen LogP contribution in [0.4, 0.5) is 5.69 Å². The van der Waals surface area contributed by atoms with Crippen molar-refractivity contribution in [2.75, 3.05) is 5.32 Å². The molecule has 0 spiro atoms. The summed E-state index contributed by atoms with van der Waals surface area (Å²) in [7, 11) is 0. The number of nitrogens with one attached hydrogen (secondary N) is 1. The molecule has 0 unspecified atom stereocenters. The molecule has 0 fully saturated rings. The van der Waals surface area contributed by atoms with E-state index in [1.54, 1.807) is 18.2 Å². The second-order valence-corrected chi connectivity index (χ2v) is 7.50. The normalized spacial score (nSPS) is 10.8. The minimum Gasteiger partial charge on any atom is -0.489 e. The van der Waals surface area contributed by atoms with Crippen molar-refractivity contribution >= 4 is 43.5 Å². The molecule has 0 bridgehead atoms. The van der Waals surface area contributed by atoms with Gasteiger partial charge in [0.1, 0.15) is 5.75 Å². The minimum atomic E-state index is -0.938. The van der Waals surface area contributed by atoms with E-state index in [4.69, 9.17) is 9.84 Å². The molecule has 0 heterocycles. The van der Waals surface area contributed by atoms with Crippen molar-refractivity contribution in [3.8, 4) is 5.75 Å². The van der Waals surface area contributed by atoms with Crippen LogP contribution in [0.2, 0.25) is 0 Å². The zero-order valence-electron chi connectivity index (χ0n) is 13.7. The van der Waals surface area contributed by atoms with Crippen LogP contribution in [0.1, 0.15) is 35.3 Å². The van der Waals surface area contributed by atoms with Crippen LogP contribution < -0.4 is 10.1 Å². The molecule has 6 heteroatoms. The topological polar surface area (TPSA) is 58.6 Å². The van der Waals surface area contributed by atoms with Gasteiger partial charge in [-0.25, -0.2) is 4.79 Å². The van der Waals surface area contributed by atoms with Gasteiger partial charge in [0.2, 0.25) is 0 Å². The highest BCUT2D eigenvalue weighted by Crippen LogP contribution is 2.34. The van der Waals surface area contributed by atoms with Crippen LogP contribution in [-0.4, -0.2) is 17.2 Å². The van der Waals surface area contributed by atoms with Crippen LogP contribution in [0.15, 0.2) is 39.3 Å². The Labute approximate surface area is 158 Å². The number of carboxylic acid groups (broad SMARTS) is 1. The van der Waals surface area contributed by atoms with E-state index in [0.29, 0.717) is 6.54 Å². The summed E-state index contributed by atoms with van der Waals surface area (Å²) in [6.07, 6.45) is 0.0540. The summed E-state index contributed by atoms with van der Waals surface area (Å²) in [5.74, 6) is -0.153. The Hall–Kier alpha value is -1.53. The molecule has 128 valence electrons. The lowest BCUT2D eigenvalue weighted by Crippen LogP contribution is -2.10. The molecule has 24 heavy (non-hydrogen) atoms. The Balaban J connectivity index is 2.29. The third-order valence-corrected chi connectivity index (χ3v) is 4.44. The van der Waals surface area contributed by atoms with Crippen LogP contribution in [0.5, 0.6) is 5.75 Å². The second-order valence-electron chi connectivity index (χ2n) is 5.73. The highest BCUT2D eigenvalue weighted by atomic mass is 79.9. The summed E-state index contributed by atoms with van der Waals surface area (Å²) in [5.41, 5.74) is 3.02. The Morgan fingerprint density at radius 1 is 1.25 bits per heavy atom. The van der Waals surface area contributed by atoms with E-state index in [2.05, 4.69) is 37.2 Å². The molecule has 0 saturated carbocycles. The summed E-state index contributed by atoms with van der Waals surface area (Å²) in [4.78, 5) is 11.1. The van der Waals surface area contributed by atoms with Crippen molar-refractivity contribution < 1.29 is 14.6 Å². The van der Waals surface area contributed by atoms with Gasteiger partial charge in [0.05, 0.1) is 16.1 Å². The van der Waals surface area contributed by atoms with E-state index >= 15 is 0 Å². The molecule has 4 nitrogen and oxygen atoms in total. The lowest BCUT2D eigenvalue weighted by Gasteiger charge is -2.18. The maximum atomic E-state index is 11.1. The first-order chi connectivity index (χ1) is 11.3. The molecule has 0 aliphatic carbocycles. The molecule has 0 aliphatic rings. The predicted molar refractivity (Wildman–Crippen MR) is 103 cm³/mol. The van der Waals surface area contributed by atoms with E-state index < -0.39 is 5.97 Å². The SMILES string of the molecule is Cc1ccc(C(=O)O)cc1NCc1cc(Br)cc(Br)c1OC(C)C. The summed E-state index contributed by atoms with van der Waals surface area (Å²) >= 11 is 7.03. The third-order valence-electron chi connectivity index (χ3n) is 3.39. The number of carboxylic acids is 1. The summed E-state index contributed by atoms with van der Waals surface area (Å²) in [6.45, 7) is 6.42. The Bertz CT molecular complexity index is 760. The lowest BCUT2D eigenvalue weighted by atomic mass is 10.1. The first-order valence-electron chi connectivity index (χ1n) is 7.50. The zero-order valence-corrected chi connectivity index (χ0v) is 16.9. The Morgan fingerprint density at radius 3 is 2.58 bits per heavy atom. The molecule has 0 atom stereocenters. The fraction of sp³-hybridized carbons (Fsp3) is 0.278. The van der Waals surface area contributed by atoms with Gasteiger partial charge >= 0.3 is 5.97 Å². The van der Waals surface area contributed by atoms with Crippen LogP contribution in [0.3, 0.4) is 0 Å². The average Bonchev–Trinajstić information content (AvgIpc) is 2.49. The van der Waals surface area contributed by atoms with Gasteiger partial charge in [-0.2, -0.15) is 0 Å². The Kier molecular flexibility index (Phi) is 6.29. The number of hydrogen-bond donors (Lipinski definition) is 2. The highest BCUT2D eigenvalue weighted by Gasteiger charge is 2.13. The lowest BCUT2D eigenvalue weighted by molar-refractivity contribution is 0.0697. The third kappa shape index (κ3) is 4.74. The fourth-order valence-corrected chi connectivity index (χ4v) is 3.66. The van der Waals surface area contributed by atoms with Gasteiger partial charge in [0.15, 0.2) is 0 Å². The molecule has 0 aliphatic heterocycles. The van der Waals surface area contributed by atoms with Crippen molar-refractivity contribution in [1.82, 2.24) is 0 Å². The van der Waals surface area contributed by atoms with Crippen molar-refractivity contribution in [2.45, 2.75) is 33.4 Å². The zero-order chi connectivity index (χ0) is 17.9. The smallest absolute Gasteiger partial charge is 0.335 e. The molecule has 2 rings (SSSR count). The summed E-state index contributed by atoms with van der Waals surface area (Å²) in [5, 5.41) is 12.4. The van der Waals surface area contributed by atoms with Crippen LogP contribution in [0.25, 0.3) is 0 Å². The number of carbonyl (C=O) groups is 1. The maximum absolute atomic E-state index is 11.1. The van der Waals surface area contributed by atoms with E-state index in [0.717, 1.165) is 31.5 Å². The highest BCUT2D eigenvalue weighted by molar-refractivity contribution is 9.11. The summed E-state index contributed by atoms with van der Waals surface area (Å²) < 4.78 is 7.73. The van der Waals surface area contributed by atoms with Crippen LogP contribution >= 0.6 is 31.9 Å². The monoisotopic (exact) mass is 455 g/mol. The molecule has 2 aromatic rings. The largest absolute Gasteiger partial charge is 0.489 e. The van der Waals surface area contributed by atoms with Crippen molar-refractivity contribution in [1.29, 1.82) is 0 Å². The minimum absolute atomic E-state index is 0.0540. The van der Waals surface area contributed by atoms with Crippen molar-refractivity contribution in [3.63, 3.8) is 0 Å². The quantitative estimate of drug-likeness (QED) is 0.592. The molecule has 2 N–H and O–H groups in total. The van der Waals surface area contributed by atoms with Gasteiger partial charge in [-0.05, 0) is 66.5 Å². The van der Waals surface area contributed by atoms with E-state index in [1.165, 1.54) is 0 Å². The molecular weight excluding hydrogens is 438 g/mol. The van der Waals surface area contributed by atoms with Crippen LogP contribution in [-0.2, 0) is 6.54 Å². The predicted octanol–water partition coefficient (Wildman–Crippen LogP) is 5.62. The maximum Gasteiger partial charge on any atom is 0.335 e. The molecule has 0 saturated heterocycles. The number of hydrogen-bond acceptors (Lipinski definition) is 3. The molecular formula is C18H19Br2NO3. The van der Waals surface area contributed by atoms with Crippen LogP contribution in [0, 0.1) is 6.92 Å². The first-order valence-corrected chi connectivity index (χ1v) is 9.09. The second kappa shape index (κ2) is 8.03. The number of halogens is 2. The van der Waals surface area contributed by atoms with E-state index in [1.807, 2.05) is 32.9 Å². The van der Waals surface area contributed by atoms with Crippen molar-refractivity contribution in [3.05, 3.63) is 56.0 Å². The molecule has 0 radical (unpaired) electrons. The van der Waals surface area contributed by atoms with Gasteiger partial charge < -0.3 is 15.2 Å². The number of anilines is 1. The standard InChI is InChI=1S/C18H19Br2NO3/c1-10(2)24-17-13(6-14(19)8-15(17)20)9-21-16-7-12(18(22)23)5-4-11(16)3/h4-8,10,21H,9H2,1-3H3,(H,22,23). The van der Waals surface area contributed by atoms with Gasteiger partial charge in [-0.1, -0.05) is 22.0 Å². The summed E-state index contributed by atoms with van der Waals surface area (Å²) in [6, 6.07) is 8.98. The molecule has 0 amide bonds. The molecule has 2 aromatic carbocycles. The number of aryl methyl sites for hydroxylation is 1. The number of ether oxygens (including phenoxy) is 1. The first kappa shape index (κ1) is 18.8. The van der Waals surface area contributed by atoms with Gasteiger partial charge in [-0.15, -0.1) is 0 Å². The number of benzene rings is 2. The molecule has 0 aromatic heterocycles. The Morgan fingerprint density at radius 2 is 1.96 bits per heavy atom. The van der Waals surface area contributed by atoms with E-state index in [9.17, 15) is 4.79 Å². The van der Waals surface area contributed by atoms with Gasteiger partial charge in [0.25, 0.3) is 0 Å².